The summed E-state index contributed by atoms with van der Waals surface area (Å²) < 4.78 is 25.5. The van der Waals surface area contributed by atoms with Crippen molar-refractivity contribution in [1.82, 2.24) is 4.31 Å². The Kier molecular flexibility index (Phi) is 4.90. The molecule has 0 aliphatic heterocycles. The average Bonchev–Trinajstić information content (AvgIpc) is 2.35. The van der Waals surface area contributed by atoms with E-state index in [0.29, 0.717) is 6.54 Å². The SMILES string of the molecule is CCCCN(C)S(=O)(=O)c1ccc(O)c(C(=O)O)c1. The van der Waals surface area contributed by atoms with Gasteiger partial charge in [-0.05, 0) is 24.6 Å². The molecule has 7 heteroatoms. The number of aromatic carboxylic acids is 1. The molecule has 0 atom stereocenters. The highest BCUT2D eigenvalue weighted by molar-refractivity contribution is 7.89. The number of aromatic hydroxyl groups is 1. The summed E-state index contributed by atoms with van der Waals surface area (Å²) >= 11 is 0. The molecule has 0 heterocycles. The molecule has 0 radical (unpaired) electrons. The number of carboxylic acid groups (broad SMARTS) is 1. The van der Waals surface area contributed by atoms with Crippen LogP contribution in [0.2, 0.25) is 0 Å². The van der Waals surface area contributed by atoms with Crippen LogP contribution in [0.5, 0.6) is 5.75 Å². The molecule has 0 aliphatic carbocycles. The van der Waals surface area contributed by atoms with Gasteiger partial charge in [-0.25, -0.2) is 17.5 Å². The van der Waals surface area contributed by atoms with Gasteiger partial charge in [-0.2, -0.15) is 0 Å². The van der Waals surface area contributed by atoms with E-state index < -0.39 is 27.3 Å². The Bertz CT molecular complexity index is 567. The number of phenols is 1. The maximum absolute atomic E-state index is 12.2. The zero-order chi connectivity index (χ0) is 14.6. The first-order chi connectivity index (χ1) is 8.80. The highest BCUT2D eigenvalue weighted by Crippen LogP contribution is 2.23. The quantitative estimate of drug-likeness (QED) is 0.827. The van der Waals surface area contributed by atoms with Gasteiger partial charge in [-0.1, -0.05) is 13.3 Å². The van der Waals surface area contributed by atoms with Crippen LogP contribution in [-0.4, -0.2) is 42.5 Å². The Balaban J connectivity index is 3.15. The fourth-order valence-electron chi connectivity index (χ4n) is 1.53. The van der Waals surface area contributed by atoms with Crippen LogP contribution in [0, 0.1) is 0 Å². The molecular weight excluding hydrogens is 270 g/mol. The Morgan fingerprint density at radius 2 is 2.00 bits per heavy atom. The van der Waals surface area contributed by atoms with Gasteiger partial charge in [0.05, 0.1) is 4.90 Å². The first kappa shape index (κ1) is 15.5. The molecule has 0 fully saturated rings. The number of rotatable bonds is 6. The molecule has 1 rings (SSSR count). The lowest BCUT2D eigenvalue weighted by molar-refractivity contribution is 0.0693. The summed E-state index contributed by atoms with van der Waals surface area (Å²) in [5, 5.41) is 18.2. The van der Waals surface area contributed by atoms with Crippen LogP contribution in [0.15, 0.2) is 23.1 Å². The molecule has 1 aromatic rings. The summed E-state index contributed by atoms with van der Waals surface area (Å²) in [5.41, 5.74) is -0.426. The molecule has 0 unspecified atom stereocenters. The van der Waals surface area contributed by atoms with Crippen LogP contribution < -0.4 is 0 Å². The summed E-state index contributed by atoms with van der Waals surface area (Å²) in [5.74, 6) is -1.83. The summed E-state index contributed by atoms with van der Waals surface area (Å²) in [6.45, 7) is 2.31. The van der Waals surface area contributed by atoms with E-state index in [9.17, 15) is 18.3 Å². The molecule has 106 valence electrons. The van der Waals surface area contributed by atoms with E-state index in [-0.39, 0.29) is 4.90 Å². The molecule has 1 aromatic carbocycles. The second-order valence-electron chi connectivity index (χ2n) is 4.16. The van der Waals surface area contributed by atoms with E-state index in [1.807, 2.05) is 6.92 Å². The van der Waals surface area contributed by atoms with Crippen LogP contribution >= 0.6 is 0 Å². The van der Waals surface area contributed by atoms with Gasteiger partial charge in [0, 0.05) is 13.6 Å². The third kappa shape index (κ3) is 3.45. The van der Waals surface area contributed by atoms with Crippen LogP contribution in [0.1, 0.15) is 30.1 Å². The number of hydrogen-bond acceptors (Lipinski definition) is 4. The molecule has 0 saturated heterocycles. The number of hydrogen-bond donors (Lipinski definition) is 2. The standard InChI is InChI=1S/C12H17NO5S/c1-3-4-7-13(2)19(17,18)9-5-6-11(14)10(8-9)12(15)16/h5-6,8,14H,3-4,7H2,1-2H3,(H,15,16). The zero-order valence-corrected chi connectivity index (χ0v) is 11.6. The average molecular weight is 287 g/mol. The molecule has 0 spiro atoms. The molecule has 0 aliphatic rings. The van der Waals surface area contributed by atoms with E-state index in [0.717, 1.165) is 25.0 Å². The number of carboxylic acids is 1. The second-order valence-corrected chi connectivity index (χ2v) is 6.21. The largest absolute Gasteiger partial charge is 0.507 e. The normalized spacial score (nSPS) is 11.7. The Labute approximate surface area is 112 Å². The molecule has 6 nitrogen and oxygen atoms in total. The Morgan fingerprint density at radius 1 is 1.37 bits per heavy atom. The molecule has 0 amide bonds. The number of carbonyl (C=O) groups is 1. The van der Waals surface area contributed by atoms with E-state index in [4.69, 9.17) is 5.11 Å². The predicted octanol–water partition coefficient (Wildman–Crippen LogP) is 1.51. The van der Waals surface area contributed by atoms with Crippen molar-refractivity contribution in [2.24, 2.45) is 0 Å². The minimum Gasteiger partial charge on any atom is -0.507 e. The third-order valence-corrected chi connectivity index (χ3v) is 4.59. The van der Waals surface area contributed by atoms with Gasteiger partial charge in [0.2, 0.25) is 10.0 Å². The molecule has 0 saturated carbocycles. The number of sulfonamides is 1. The van der Waals surface area contributed by atoms with Gasteiger partial charge in [0.25, 0.3) is 0 Å². The lowest BCUT2D eigenvalue weighted by atomic mass is 10.2. The topological polar surface area (TPSA) is 94.9 Å². The van der Waals surface area contributed by atoms with Gasteiger partial charge in [-0.15, -0.1) is 0 Å². The van der Waals surface area contributed by atoms with Gasteiger partial charge >= 0.3 is 5.97 Å². The predicted molar refractivity (Wildman–Crippen MR) is 69.8 cm³/mol. The maximum atomic E-state index is 12.2. The maximum Gasteiger partial charge on any atom is 0.339 e. The van der Waals surface area contributed by atoms with Gasteiger partial charge in [0.15, 0.2) is 0 Å². The van der Waals surface area contributed by atoms with Crippen molar-refractivity contribution in [3.8, 4) is 5.75 Å². The van der Waals surface area contributed by atoms with Crippen molar-refractivity contribution in [2.45, 2.75) is 24.7 Å². The zero-order valence-electron chi connectivity index (χ0n) is 10.8. The van der Waals surface area contributed by atoms with Gasteiger partial charge in [-0.3, -0.25) is 0 Å². The monoisotopic (exact) mass is 287 g/mol. The van der Waals surface area contributed by atoms with Crippen molar-refractivity contribution in [3.63, 3.8) is 0 Å². The first-order valence-corrected chi connectivity index (χ1v) is 7.27. The smallest absolute Gasteiger partial charge is 0.339 e. The number of benzene rings is 1. The van der Waals surface area contributed by atoms with Crippen molar-refractivity contribution in [2.75, 3.05) is 13.6 Å². The highest BCUT2D eigenvalue weighted by atomic mass is 32.2. The highest BCUT2D eigenvalue weighted by Gasteiger charge is 2.22. The van der Waals surface area contributed by atoms with E-state index >= 15 is 0 Å². The lowest BCUT2D eigenvalue weighted by Gasteiger charge is -2.17. The number of nitrogens with zero attached hydrogens (tertiary/aromatic N) is 1. The van der Waals surface area contributed by atoms with Crippen molar-refractivity contribution in [1.29, 1.82) is 0 Å². The van der Waals surface area contributed by atoms with Gasteiger partial charge in [0.1, 0.15) is 11.3 Å². The third-order valence-electron chi connectivity index (χ3n) is 2.73. The van der Waals surface area contributed by atoms with Crippen molar-refractivity contribution < 1.29 is 23.4 Å². The second kappa shape index (κ2) is 6.03. The fraction of sp³-hybridized carbons (Fsp3) is 0.417. The summed E-state index contributed by atoms with van der Waals surface area (Å²) in [6.07, 6.45) is 1.58. The fourth-order valence-corrected chi connectivity index (χ4v) is 2.76. The lowest BCUT2D eigenvalue weighted by Crippen LogP contribution is -2.28. The summed E-state index contributed by atoms with van der Waals surface area (Å²) in [6, 6.07) is 3.24. The van der Waals surface area contributed by atoms with Crippen molar-refractivity contribution in [3.05, 3.63) is 23.8 Å². The van der Waals surface area contributed by atoms with E-state index in [2.05, 4.69) is 0 Å². The molecule has 2 N–H and O–H groups in total. The van der Waals surface area contributed by atoms with Crippen LogP contribution in [0.25, 0.3) is 0 Å². The molecule has 0 aromatic heterocycles. The molecule has 19 heavy (non-hydrogen) atoms. The van der Waals surface area contributed by atoms with Gasteiger partial charge < -0.3 is 10.2 Å². The van der Waals surface area contributed by atoms with Crippen LogP contribution in [0.3, 0.4) is 0 Å². The first-order valence-electron chi connectivity index (χ1n) is 5.83. The van der Waals surface area contributed by atoms with E-state index in [1.165, 1.54) is 17.4 Å². The molecular formula is C12H17NO5S. The minimum absolute atomic E-state index is 0.138. The van der Waals surface area contributed by atoms with E-state index in [1.54, 1.807) is 0 Å². The summed E-state index contributed by atoms with van der Waals surface area (Å²) in [7, 11) is -2.28. The van der Waals surface area contributed by atoms with Crippen LogP contribution in [-0.2, 0) is 10.0 Å². The molecule has 0 bridgehead atoms. The Hall–Kier alpha value is -1.60. The summed E-state index contributed by atoms with van der Waals surface area (Å²) in [4.78, 5) is 10.7. The van der Waals surface area contributed by atoms with Crippen LogP contribution in [0.4, 0.5) is 0 Å². The Morgan fingerprint density at radius 3 is 2.53 bits per heavy atom. The number of unbranched alkanes of at least 4 members (excludes halogenated alkanes) is 1. The minimum atomic E-state index is -3.73. The van der Waals surface area contributed by atoms with Crippen molar-refractivity contribution >= 4 is 16.0 Å².